The molecule has 2 aromatic rings. The van der Waals surface area contributed by atoms with Crippen molar-refractivity contribution in [1.82, 2.24) is 14.8 Å². The molecule has 0 saturated heterocycles. The molecule has 2 aliphatic heterocycles. The van der Waals surface area contributed by atoms with Crippen molar-refractivity contribution in [3.63, 3.8) is 0 Å². The maximum Gasteiger partial charge on any atom is 0.163 e. The monoisotopic (exact) mass is 254 g/mol. The Hall–Kier alpha value is -1.84. The first-order valence-corrected chi connectivity index (χ1v) is 7.21. The van der Waals surface area contributed by atoms with Crippen LogP contribution < -0.4 is 5.32 Å². The van der Waals surface area contributed by atoms with Gasteiger partial charge in [0, 0.05) is 30.8 Å². The molecule has 4 rings (SSSR count). The van der Waals surface area contributed by atoms with E-state index < -0.39 is 0 Å². The van der Waals surface area contributed by atoms with Crippen LogP contribution >= 0.6 is 0 Å². The summed E-state index contributed by atoms with van der Waals surface area (Å²) in [7, 11) is 0. The predicted molar refractivity (Wildman–Crippen MR) is 75.2 cm³/mol. The molecule has 0 bridgehead atoms. The van der Waals surface area contributed by atoms with Gasteiger partial charge in [0.15, 0.2) is 5.82 Å². The van der Waals surface area contributed by atoms with E-state index in [1.54, 1.807) is 0 Å². The molecule has 0 saturated carbocycles. The molecule has 0 fully saturated rings. The van der Waals surface area contributed by atoms with Crippen molar-refractivity contribution >= 4 is 5.69 Å². The van der Waals surface area contributed by atoms with Crippen LogP contribution in [0.15, 0.2) is 18.2 Å². The molecule has 98 valence electrons. The number of aromatic nitrogens is 3. The zero-order valence-corrected chi connectivity index (χ0v) is 11.0. The molecule has 1 aromatic heterocycles. The third-order valence-corrected chi connectivity index (χ3v) is 4.18. The highest BCUT2D eigenvalue weighted by Crippen LogP contribution is 2.29. The lowest BCUT2D eigenvalue weighted by atomic mass is 10.1. The summed E-state index contributed by atoms with van der Waals surface area (Å²) in [5, 5.41) is 12.2. The minimum Gasteiger partial charge on any atom is -0.384 e. The summed E-state index contributed by atoms with van der Waals surface area (Å²) in [6.07, 6.45) is 5.97. The molecular weight excluding hydrogens is 236 g/mol. The maximum atomic E-state index is 4.43. The molecule has 4 nitrogen and oxygen atoms in total. The van der Waals surface area contributed by atoms with Gasteiger partial charge in [0.25, 0.3) is 0 Å². The molecule has 2 aliphatic rings. The Labute approximate surface area is 112 Å². The number of hydrogen-bond donors (Lipinski definition) is 1. The highest BCUT2D eigenvalue weighted by molar-refractivity contribution is 5.66. The maximum absolute atomic E-state index is 4.43. The van der Waals surface area contributed by atoms with Crippen LogP contribution in [0.5, 0.6) is 0 Å². The van der Waals surface area contributed by atoms with E-state index in [0.717, 1.165) is 37.6 Å². The van der Waals surface area contributed by atoms with Gasteiger partial charge in [-0.05, 0) is 43.0 Å². The first-order chi connectivity index (χ1) is 9.42. The van der Waals surface area contributed by atoms with Gasteiger partial charge in [0.1, 0.15) is 5.82 Å². The fourth-order valence-corrected chi connectivity index (χ4v) is 3.14. The van der Waals surface area contributed by atoms with Crippen LogP contribution in [0.4, 0.5) is 5.69 Å². The van der Waals surface area contributed by atoms with Gasteiger partial charge in [-0.2, -0.15) is 0 Å². The topological polar surface area (TPSA) is 42.7 Å². The lowest BCUT2D eigenvalue weighted by Gasteiger charge is -2.08. The third-order valence-electron chi connectivity index (χ3n) is 4.18. The normalized spacial score (nSPS) is 17.5. The highest BCUT2D eigenvalue weighted by atomic mass is 15.3. The zero-order chi connectivity index (χ0) is 12.7. The SMILES string of the molecule is c1cc2c(cc1-c1nnc3n1CCCCC3)CCN2. The van der Waals surface area contributed by atoms with Gasteiger partial charge >= 0.3 is 0 Å². The Bertz CT molecular complexity index is 615. The van der Waals surface area contributed by atoms with Gasteiger partial charge in [0.05, 0.1) is 0 Å². The van der Waals surface area contributed by atoms with E-state index >= 15 is 0 Å². The minimum atomic E-state index is 1.05. The van der Waals surface area contributed by atoms with Crippen molar-refractivity contribution in [2.75, 3.05) is 11.9 Å². The summed E-state index contributed by atoms with van der Waals surface area (Å²) >= 11 is 0. The fraction of sp³-hybridized carbons (Fsp3) is 0.467. The average Bonchev–Trinajstić information content (AvgIpc) is 2.99. The number of benzene rings is 1. The van der Waals surface area contributed by atoms with Gasteiger partial charge in [-0.15, -0.1) is 10.2 Å². The summed E-state index contributed by atoms with van der Waals surface area (Å²) in [5.41, 5.74) is 3.89. The van der Waals surface area contributed by atoms with Crippen molar-refractivity contribution < 1.29 is 0 Å². The second kappa shape index (κ2) is 4.37. The summed E-state index contributed by atoms with van der Waals surface area (Å²) in [6.45, 7) is 2.11. The third kappa shape index (κ3) is 1.82. The number of anilines is 1. The van der Waals surface area contributed by atoms with E-state index in [9.17, 15) is 0 Å². The zero-order valence-electron chi connectivity index (χ0n) is 11.0. The van der Waals surface area contributed by atoms with E-state index in [-0.39, 0.29) is 0 Å². The van der Waals surface area contributed by atoms with E-state index in [1.807, 2.05) is 0 Å². The largest absolute Gasteiger partial charge is 0.384 e. The molecule has 1 aromatic carbocycles. The Morgan fingerprint density at radius 1 is 1.05 bits per heavy atom. The summed E-state index contributed by atoms with van der Waals surface area (Å²) in [5.74, 6) is 2.21. The van der Waals surface area contributed by atoms with Crippen LogP contribution in [0.2, 0.25) is 0 Å². The summed E-state index contributed by atoms with van der Waals surface area (Å²) in [4.78, 5) is 0. The van der Waals surface area contributed by atoms with Crippen molar-refractivity contribution in [2.45, 2.75) is 38.6 Å². The van der Waals surface area contributed by atoms with Crippen molar-refractivity contribution in [1.29, 1.82) is 0 Å². The van der Waals surface area contributed by atoms with Gasteiger partial charge in [0.2, 0.25) is 0 Å². The number of aryl methyl sites for hydroxylation is 1. The van der Waals surface area contributed by atoms with Crippen LogP contribution in [0.1, 0.15) is 30.7 Å². The average molecular weight is 254 g/mol. The fourth-order valence-electron chi connectivity index (χ4n) is 3.14. The number of fused-ring (bicyclic) bond motifs is 2. The Morgan fingerprint density at radius 3 is 3.05 bits per heavy atom. The molecule has 19 heavy (non-hydrogen) atoms. The minimum absolute atomic E-state index is 1.05. The molecule has 3 heterocycles. The van der Waals surface area contributed by atoms with E-state index in [2.05, 4.69) is 38.3 Å². The van der Waals surface area contributed by atoms with Crippen LogP contribution in [0.25, 0.3) is 11.4 Å². The molecule has 0 radical (unpaired) electrons. The predicted octanol–water partition coefficient (Wildman–Crippen LogP) is 2.64. The first-order valence-electron chi connectivity index (χ1n) is 7.21. The van der Waals surface area contributed by atoms with Crippen LogP contribution in [0, 0.1) is 0 Å². The molecular formula is C15H18N4. The molecule has 0 aliphatic carbocycles. The second-order valence-electron chi connectivity index (χ2n) is 5.45. The highest BCUT2D eigenvalue weighted by Gasteiger charge is 2.17. The van der Waals surface area contributed by atoms with Crippen molar-refractivity contribution in [3.8, 4) is 11.4 Å². The van der Waals surface area contributed by atoms with E-state index in [4.69, 9.17) is 0 Å². The lowest BCUT2D eigenvalue weighted by Crippen LogP contribution is -2.03. The quantitative estimate of drug-likeness (QED) is 0.850. The summed E-state index contributed by atoms with van der Waals surface area (Å²) < 4.78 is 2.32. The first kappa shape index (κ1) is 11.0. The van der Waals surface area contributed by atoms with Crippen molar-refractivity contribution in [3.05, 3.63) is 29.6 Å². The number of nitrogens with zero attached hydrogens (tertiary/aromatic N) is 3. The molecule has 1 N–H and O–H groups in total. The van der Waals surface area contributed by atoms with Gasteiger partial charge in [-0.1, -0.05) is 6.42 Å². The van der Waals surface area contributed by atoms with E-state index in [1.165, 1.54) is 36.1 Å². The number of nitrogens with one attached hydrogen (secondary N) is 1. The smallest absolute Gasteiger partial charge is 0.163 e. The number of rotatable bonds is 1. The molecule has 0 amide bonds. The van der Waals surface area contributed by atoms with Gasteiger partial charge < -0.3 is 9.88 Å². The second-order valence-corrected chi connectivity index (χ2v) is 5.45. The van der Waals surface area contributed by atoms with Crippen LogP contribution in [-0.2, 0) is 19.4 Å². The molecule has 0 atom stereocenters. The van der Waals surface area contributed by atoms with Crippen molar-refractivity contribution in [2.24, 2.45) is 0 Å². The molecule has 0 spiro atoms. The van der Waals surface area contributed by atoms with Gasteiger partial charge in [-0.3, -0.25) is 0 Å². The van der Waals surface area contributed by atoms with E-state index in [0.29, 0.717) is 0 Å². The van der Waals surface area contributed by atoms with Gasteiger partial charge in [-0.25, -0.2) is 0 Å². The van der Waals surface area contributed by atoms with Crippen LogP contribution in [0.3, 0.4) is 0 Å². The lowest BCUT2D eigenvalue weighted by molar-refractivity contribution is 0.636. The Morgan fingerprint density at radius 2 is 2.05 bits per heavy atom. The molecule has 4 heteroatoms. The summed E-state index contributed by atoms with van der Waals surface area (Å²) in [6, 6.07) is 6.62. The Balaban J connectivity index is 1.78. The molecule has 0 unspecified atom stereocenters. The van der Waals surface area contributed by atoms with Crippen LogP contribution in [-0.4, -0.2) is 21.3 Å². The number of hydrogen-bond acceptors (Lipinski definition) is 3. The Kier molecular flexibility index (Phi) is 2.53. The standard InChI is InChI=1S/C15H18N4/c1-2-4-14-17-18-15(19(14)9-3-1)12-5-6-13-11(10-12)7-8-16-13/h5-6,10,16H,1-4,7-9H2.